The number of aryl methyl sites for hydroxylation is 2. The van der Waals surface area contributed by atoms with Crippen LogP contribution in [0.2, 0.25) is 0 Å². The number of carbonyl (C=O) groups excluding carboxylic acids is 2. The van der Waals surface area contributed by atoms with Crippen LogP contribution in [0.25, 0.3) is 11.1 Å². The van der Waals surface area contributed by atoms with E-state index in [1.54, 1.807) is 18.2 Å². The third-order valence-corrected chi connectivity index (χ3v) is 3.95. The average molecular weight is 338 g/mol. The lowest BCUT2D eigenvalue weighted by Crippen LogP contribution is -2.30. The fourth-order valence-electron chi connectivity index (χ4n) is 2.50. The fraction of sp³-hybridized carbons (Fsp3) is 0.211. The van der Waals surface area contributed by atoms with E-state index >= 15 is 0 Å². The summed E-state index contributed by atoms with van der Waals surface area (Å²) in [5, 5.41) is 2.82. The largest absolute Gasteiger partial charge is 0.449 e. The molecule has 0 saturated heterocycles. The summed E-state index contributed by atoms with van der Waals surface area (Å²) in [6.07, 6.45) is 0.375. The first-order valence-electron chi connectivity index (χ1n) is 7.87. The molecule has 0 spiro atoms. The second kappa shape index (κ2) is 6.76. The minimum atomic E-state index is -0.931. The van der Waals surface area contributed by atoms with Crippen molar-refractivity contribution >= 4 is 28.7 Å². The molecule has 3 rings (SSSR count). The number of ether oxygens (including phenoxy) is 1. The van der Waals surface area contributed by atoms with Gasteiger partial charge in [0.25, 0.3) is 5.91 Å². The highest BCUT2D eigenvalue weighted by Crippen LogP contribution is 2.20. The summed E-state index contributed by atoms with van der Waals surface area (Å²) >= 11 is 0. The number of oxazole rings is 1. The van der Waals surface area contributed by atoms with Crippen molar-refractivity contribution in [2.24, 2.45) is 0 Å². The van der Waals surface area contributed by atoms with E-state index in [9.17, 15) is 9.59 Å². The number of fused-ring (bicyclic) bond motifs is 1. The molecule has 25 heavy (non-hydrogen) atoms. The van der Waals surface area contributed by atoms with Crippen LogP contribution in [-0.4, -0.2) is 23.0 Å². The summed E-state index contributed by atoms with van der Waals surface area (Å²) in [5.74, 6) is -0.970. The molecule has 0 aliphatic rings. The highest BCUT2D eigenvalue weighted by atomic mass is 16.5. The molecule has 0 radical (unpaired) electrons. The lowest BCUT2D eigenvalue weighted by molar-refractivity contribution is -0.123. The number of benzene rings is 2. The SMILES string of the molecule is Cc1cccc(C)c1NC(=O)C(C)OC(=O)c1ccc2ocnc2c1. The van der Waals surface area contributed by atoms with Crippen LogP contribution >= 0.6 is 0 Å². The molecule has 0 aliphatic carbocycles. The molecule has 1 unspecified atom stereocenters. The van der Waals surface area contributed by atoms with Gasteiger partial charge in [0.15, 0.2) is 18.1 Å². The lowest BCUT2D eigenvalue weighted by Gasteiger charge is -2.16. The summed E-state index contributed by atoms with van der Waals surface area (Å²) in [5.41, 5.74) is 4.08. The van der Waals surface area contributed by atoms with Crippen LogP contribution < -0.4 is 5.32 Å². The molecule has 2 aromatic carbocycles. The standard InChI is InChI=1S/C19H18N2O4/c1-11-5-4-6-12(2)17(11)21-18(22)13(3)25-19(23)14-7-8-16-15(9-14)20-10-24-16/h4-10,13H,1-3H3,(H,21,22). The maximum atomic E-state index is 12.3. The van der Waals surface area contributed by atoms with Gasteiger partial charge in [-0.3, -0.25) is 4.79 Å². The zero-order chi connectivity index (χ0) is 18.0. The second-order valence-corrected chi connectivity index (χ2v) is 5.84. The maximum Gasteiger partial charge on any atom is 0.338 e. The van der Waals surface area contributed by atoms with Gasteiger partial charge in [-0.25, -0.2) is 9.78 Å². The van der Waals surface area contributed by atoms with Gasteiger partial charge in [0.05, 0.1) is 5.56 Å². The van der Waals surface area contributed by atoms with E-state index < -0.39 is 12.1 Å². The Bertz CT molecular complexity index is 925. The smallest absolute Gasteiger partial charge is 0.338 e. The zero-order valence-electron chi connectivity index (χ0n) is 14.2. The predicted octanol–water partition coefficient (Wildman–Crippen LogP) is 3.63. The summed E-state index contributed by atoms with van der Waals surface area (Å²) < 4.78 is 10.4. The third-order valence-electron chi connectivity index (χ3n) is 3.95. The molecule has 3 aromatic rings. The van der Waals surface area contributed by atoms with Crippen molar-refractivity contribution in [3.05, 3.63) is 59.5 Å². The number of anilines is 1. The number of amides is 1. The van der Waals surface area contributed by atoms with E-state index in [0.717, 1.165) is 16.8 Å². The highest BCUT2D eigenvalue weighted by molar-refractivity contribution is 5.99. The van der Waals surface area contributed by atoms with E-state index in [2.05, 4.69) is 10.3 Å². The van der Waals surface area contributed by atoms with Gasteiger partial charge in [-0.1, -0.05) is 18.2 Å². The van der Waals surface area contributed by atoms with E-state index in [0.29, 0.717) is 16.7 Å². The number of rotatable bonds is 4. The van der Waals surface area contributed by atoms with Crippen molar-refractivity contribution in [1.82, 2.24) is 4.98 Å². The maximum absolute atomic E-state index is 12.3. The number of esters is 1. The first-order valence-corrected chi connectivity index (χ1v) is 7.87. The minimum absolute atomic E-state index is 0.313. The number of hydrogen-bond donors (Lipinski definition) is 1. The molecule has 1 N–H and O–H groups in total. The molecule has 1 amide bonds. The molecule has 1 atom stereocenters. The molecule has 0 bridgehead atoms. The zero-order valence-corrected chi connectivity index (χ0v) is 14.2. The molecule has 128 valence electrons. The monoisotopic (exact) mass is 338 g/mol. The second-order valence-electron chi connectivity index (χ2n) is 5.84. The molecule has 1 aromatic heterocycles. The molecule has 0 saturated carbocycles. The molecule has 6 heteroatoms. The van der Waals surface area contributed by atoms with Crippen LogP contribution in [0.3, 0.4) is 0 Å². The number of hydrogen-bond acceptors (Lipinski definition) is 5. The van der Waals surface area contributed by atoms with Crippen molar-refractivity contribution in [3.8, 4) is 0 Å². The van der Waals surface area contributed by atoms with Crippen molar-refractivity contribution in [1.29, 1.82) is 0 Å². The van der Waals surface area contributed by atoms with Crippen LogP contribution in [0, 0.1) is 13.8 Å². The summed E-state index contributed by atoms with van der Waals surface area (Å²) in [7, 11) is 0. The van der Waals surface area contributed by atoms with Crippen LogP contribution in [0.5, 0.6) is 0 Å². The molecule has 6 nitrogen and oxygen atoms in total. The number of nitrogens with zero attached hydrogens (tertiary/aromatic N) is 1. The fourth-order valence-corrected chi connectivity index (χ4v) is 2.50. The van der Waals surface area contributed by atoms with Crippen molar-refractivity contribution < 1.29 is 18.7 Å². The Hall–Kier alpha value is -3.15. The molecule has 1 heterocycles. The Balaban J connectivity index is 1.69. The Morgan fingerprint density at radius 2 is 1.88 bits per heavy atom. The predicted molar refractivity (Wildman–Crippen MR) is 93.4 cm³/mol. The first-order chi connectivity index (χ1) is 12.0. The van der Waals surface area contributed by atoms with E-state index in [1.165, 1.54) is 13.3 Å². The molecular weight excluding hydrogens is 320 g/mol. The van der Waals surface area contributed by atoms with E-state index in [1.807, 2.05) is 32.0 Å². The quantitative estimate of drug-likeness (QED) is 0.735. The van der Waals surface area contributed by atoms with Gasteiger partial charge in [0.1, 0.15) is 5.52 Å². The number of para-hydroxylation sites is 1. The Morgan fingerprint density at radius 1 is 1.16 bits per heavy atom. The van der Waals surface area contributed by atoms with Crippen molar-refractivity contribution in [3.63, 3.8) is 0 Å². The third kappa shape index (κ3) is 3.52. The normalized spacial score (nSPS) is 12.0. The van der Waals surface area contributed by atoms with Gasteiger partial charge in [-0.05, 0) is 50.1 Å². The van der Waals surface area contributed by atoms with E-state index in [-0.39, 0.29) is 5.91 Å². The summed E-state index contributed by atoms with van der Waals surface area (Å²) in [6, 6.07) is 10.5. The van der Waals surface area contributed by atoms with Crippen molar-refractivity contribution in [2.45, 2.75) is 26.9 Å². The number of aromatic nitrogens is 1. The molecular formula is C19H18N2O4. The number of nitrogens with one attached hydrogen (secondary N) is 1. The topological polar surface area (TPSA) is 81.4 Å². The summed E-state index contributed by atoms with van der Waals surface area (Å²) in [4.78, 5) is 28.6. The van der Waals surface area contributed by atoms with Crippen molar-refractivity contribution in [2.75, 3.05) is 5.32 Å². The highest BCUT2D eigenvalue weighted by Gasteiger charge is 2.20. The average Bonchev–Trinajstić information content (AvgIpc) is 3.05. The Morgan fingerprint density at radius 3 is 2.60 bits per heavy atom. The Kier molecular flexibility index (Phi) is 4.52. The number of carbonyl (C=O) groups is 2. The minimum Gasteiger partial charge on any atom is -0.449 e. The van der Waals surface area contributed by atoms with Gasteiger partial charge >= 0.3 is 5.97 Å². The van der Waals surface area contributed by atoms with Gasteiger partial charge in [0.2, 0.25) is 0 Å². The first kappa shape index (κ1) is 16.7. The van der Waals surface area contributed by atoms with Gasteiger partial charge in [0, 0.05) is 5.69 Å². The Labute approximate surface area is 144 Å². The molecule has 0 fully saturated rings. The molecule has 0 aliphatic heterocycles. The van der Waals surface area contributed by atoms with Crippen LogP contribution in [-0.2, 0) is 9.53 Å². The van der Waals surface area contributed by atoms with Crippen LogP contribution in [0.4, 0.5) is 5.69 Å². The summed E-state index contributed by atoms with van der Waals surface area (Å²) in [6.45, 7) is 5.36. The van der Waals surface area contributed by atoms with Crippen LogP contribution in [0.1, 0.15) is 28.4 Å². The van der Waals surface area contributed by atoms with Gasteiger partial charge < -0.3 is 14.5 Å². The van der Waals surface area contributed by atoms with E-state index in [4.69, 9.17) is 9.15 Å². The van der Waals surface area contributed by atoms with Gasteiger partial charge in [-0.15, -0.1) is 0 Å². The van der Waals surface area contributed by atoms with Crippen LogP contribution in [0.15, 0.2) is 47.2 Å². The van der Waals surface area contributed by atoms with Gasteiger partial charge in [-0.2, -0.15) is 0 Å². The lowest BCUT2D eigenvalue weighted by atomic mass is 10.1.